The number of benzene rings is 1. The van der Waals surface area contributed by atoms with Crippen LogP contribution in [0, 0.1) is 10.1 Å². The molecule has 2 rings (SSSR count). The number of hydrogen-bond acceptors (Lipinski definition) is 6. The van der Waals surface area contributed by atoms with Gasteiger partial charge in [-0.05, 0) is 12.5 Å². The van der Waals surface area contributed by atoms with Crippen LogP contribution in [0.2, 0.25) is 0 Å². The van der Waals surface area contributed by atoms with Crippen LogP contribution < -0.4 is 11.1 Å². The summed E-state index contributed by atoms with van der Waals surface area (Å²) in [6, 6.07) is 9.42. The maximum Gasteiger partial charge on any atom is 0.353 e. The molecular weight excluding hydrogens is 246 g/mol. The third kappa shape index (κ3) is 2.76. The van der Waals surface area contributed by atoms with Gasteiger partial charge in [-0.15, -0.1) is 0 Å². The Labute approximate surface area is 109 Å². The second kappa shape index (κ2) is 5.30. The molecule has 7 heteroatoms. The number of hydrogen-bond donors (Lipinski definition) is 2. The maximum absolute atomic E-state index is 11.0. The Morgan fingerprint density at radius 3 is 2.63 bits per heavy atom. The highest BCUT2D eigenvalue weighted by atomic mass is 16.6. The third-order valence-electron chi connectivity index (χ3n) is 2.69. The summed E-state index contributed by atoms with van der Waals surface area (Å²) in [6.07, 6.45) is 1.20. The molecule has 1 heterocycles. The highest BCUT2D eigenvalue weighted by Gasteiger charge is 2.22. The van der Waals surface area contributed by atoms with Crippen LogP contribution in [0.3, 0.4) is 0 Å². The van der Waals surface area contributed by atoms with E-state index in [4.69, 9.17) is 5.73 Å². The van der Waals surface area contributed by atoms with Crippen molar-refractivity contribution < 1.29 is 4.92 Å². The Hall–Kier alpha value is -2.70. The van der Waals surface area contributed by atoms with E-state index in [0.717, 1.165) is 5.56 Å². The molecule has 0 fully saturated rings. The number of anilines is 2. The first-order chi connectivity index (χ1) is 9.09. The Balaban J connectivity index is 2.29. The molecule has 0 saturated carbocycles. The SMILES string of the molecule is C[C@H](Nc1ncnc(N)c1[N+](=O)[O-])c1ccccc1. The molecule has 0 amide bonds. The second-order valence-electron chi connectivity index (χ2n) is 3.99. The molecule has 0 radical (unpaired) electrons. The van der Waals surface area contributed by atoms with E-state index in [0.29, 0.717) is 0 Å². The third-order valence-corrected chi connectivity index (χ3v) is 2.69. The zero-order valence-corrected chi connectivity index (χ0v) is 10.3. The smallest absolute Gasteiger partial charge is 0.353 e. The van der Waals surface area contributed by atoms with E-state index in [1.54, 1.807) is 0 Å². The minimum atomic E-state index is -0.588. The van der Waals surface area contributed by atoms with Gasteiger partial charge in [0.2, 0.25) is 11.6 Å². The number of rotatable bonds is 4. The van der Waals surface area contributed by atoms with Crippen molar-refractivity contribution in [2.24, 2.45) is 0 Å². The molecule has 1 atom stereocenters. The lowest BCUT2D eigenvalue weighted by Gasteiger charge is -2.14. The highest BCUT2D eigenvalue weighted by Crippen LogP contribution is 2.29. The van der Waals surface area contributed by atoms with Gasteiger partial charge in [-0.1, -0.05) is 30.3 Å². The van der Waals surface area contributed by atoms with E-state index in [-0.39, 0.29) is 23.4 Å². The van der Waals surface area contributed by atoms with Gasteiger partial charge in [0, 0.05) is 0 Å². The standard InChI is InChI=1S/C12H13N5O2/c1-8(9-5-3-2-4-6-9)16-12-10(17(18)19)11(13)14-7-15-12/h2-8H,1H3,(H3,13,14,15,16)/t8-/m0/s1. The van der Waals surface area contributed by atoms with Crippen molar-refractivity contribution in [1.82, 2.24) is 9.97 Å². The summed E-state index contributed by atoms with van der Waals surface area (Å²) in [5.74, 6) is -0.0309. The highest BCUT2D eigenvalue weighted by molar-refractivity contribution is 5.67. The topological polar surface area (TPSA) is 107 Å². The lowest BCUT2D eigenvalue weighted by Crippen LogP contribution is -2.11. The molecule has 0 aliphatic heterocycles. The minimum Gasteiger partial charge on any atom is -0.378 e. The predicted molar refractivity (Wildman–Crippen MR) is 71.6 cm³/mol. The van der Waals surface area contributed by atoms with Crippen molar-refractivity contribution in [3.63, 3.8) is 0 Å². The molecule has 3 N–H and O–H groups in total. The molecule has 7 nitrogen and oxygen atoms in total. The van der Waals surface area contributed by atoms with E-state index >= 15 is 0 Å². The van der Waals surface area contributed by atoms with E-state index < -0.39 is 4.92 Å². The number of nitrogens with two attached hydrogens (primary N) is 1. The maximum atomic E-state index is 11.0. The van der Waals surface area contributed by atoms with Crippen molar-refractivity contribution in [1.29, 1.82) is 0 Å². The van der Waals surface area contributed by atoms with Crippen molar-refractivity contribution in [3.05, 3.63) is 52.3 Å². The minimum absolute atomic E-state index is 0.119. The van der Waals surface area contributed by atoms with Crippen LogP contribution in [0.25, 0.3) is 0 Å². The van der Waals surface area contributed by atoms with Crippen molar-refractivity contribution >= 4 is 17.3 Å². The predicted octanol–water partition coefficient (Wildman–Crippen LogP) is 2.14. The van der Waals surface area contributed by atoms with Gasteiger partial charge in [-0.25, -0.2) is 9.97 Å². The van der Waals surface area contributed by atoms with E-state index in [2.05, 4.69) is 15.3 Å². The second-order valence-corrected chi connectivity index (χ2v) is 3.99. The fraction of sp³-hybridized carbons (Fsp3) is 0.167. The summed E-state index contributed by atoms with van der Waals surface area (Å²) in [7, 11) is 0. The Kier molecular flexibility index (Phi) is 3.56. The molecule has 0 bridgehead atoms. The van der Waals surface area contributed by atoms with Gasteiger partial charge < -0.3 is 11.1 Å². The van der Waals surface area contributed by atoms with Gasteiger partial charge in [-0.2, -0.15) is 0 Å². The number of nitrogens with one attached hydrogen (secondary N) is 1. The lowest BCUT2D eigenvalue weighted by molar-refractivity contribution is -0.383. The molecule has 0 saturated heterocycles. The van der Waals surface area contributed by atoms with Crippen molar-refractivity contribution in [3.8, 4) is 0 Å². The monoisotopic (exact) mass is 259 g/mol. The average Bonchev–Trinajstić information content (AvgIpc) is 2.39. The first-order valence-corrected chi connectivity index (χ1v) is 5.66. The molecule has 0 spiro atoms. The van der Waals surface area contributed by atoms with Crippen LogP contribution in [0.5, 0.6) is 0 Å². The molecule has 0 aliphatic rings. The Morgan fingerprint density at radius 2 is 2.00 bits per heavy atom. The fourth-order valence-electron chi connectivity index (χ4n) is 1.71. The van der Waals surface area contributed by atoms with Crippen molar-refractivity contribution in [2.75, 3.05) is 11.1 Å². The molecule has 1 aromatic heterocycles. The summed E-state index contributed by atoms with van der Waals surface area (Å²) in [5.41, 5.74) is 6.20. The molecule has 1 aromatic carbocycles. The van der Waals surface area contributed by atoms with Crippen LogP contribution in [-0.4, -0.2) is 14.9 Å². The summed E-state index contributed by atoms with van der Waals surface area (Å²) in [4.78, 5) is 17.9. The first kappa shape index (κ1) is 12.7. The lowest BCUT2D eigenvalue weighted by atomic mass is 10.1. The number of nitrogen functional groups attached to an aromatic ring is 1. The fourth-order valence-corrected chi connectivity index (χ4v) is 1.71. The quantitative estimate of drug-likeness (QED) is 0.643. The average molecular weight is 259 g/mol. The van der Waals surface area contributed by atoms with Gasteiger partial charge in [0.15, 0.2) is 0 Å². The van der Waals surface area contributed by atoms with Crippen LogP contribution in [0.1, 0.15) is 18.5 Å². The molecule has 98 valence electrons. The summed E-state index contributed by atoms with van der Waals surface area (Å²) in [6.45, 7) is 1.89. The van der Waals surface area contributed by atoms with Crippen molar-refractivity contribution in [2.45, 2.75) is 13.0 Å². The van der Waals surface area contributed by atoms with Gasteiger partial charge in [-0.3, -0.25) is 10.1 Å². The number of nitrogens with zero attached hydrogens (tertiary/aromatic N) is 3. The first-order valence-electron chi connectivity index (χ1n) is 5.66. The van der Waals surface area contributed by atoms with Crippen LogP contribution >= 0.6 is 0 Å². The normalized spacial score (nSPS) is 11.8. The van der Waals surface area contributed by atoms with E-state index in [1.165, 1.54) is 6.33 Å². The molecule has 19 heavy (non-hydrogen) atoms. The van der Waals surface area contributed by atoms with Crippen LogP contribution in [0.15, 0.2) is 36.7 Å². The molecule has 0 aliphatic carbocycles. The largest absolute Gasteiger partial charge is 0.378 e. The molecule has 0 unspecified atom stereocenters. The zero-order valence-electron chi connectivity index (χ0n) is 10.3. The van der Waals surface area contributed by atoms with Gasteiger partial charge in [0.1, 0.15) is 6.33 Å². The summed E-state index contributed by atoms with van der Waals surface area (Å²) < 4.78 is 0. The molecule has 2 aromatic rings. The number of nitro groups is 1. The Morgan fingerprint density at radius 1 is 1.32 bits per heavy atom. The van der Waals surface area contributed by atoms with Crippen LogP contribution in [0.4, 0.5) is 17.3 Å². The molecular formula is C12H13N5O2. The summed E-state index contributed by atoms with van der Waals surface area (Å²) >= 11 is 0. The van der Waals surface area contributed by atoms with Gasteiger partial charge in [0.05, 0.1) is 11.0 Å². The number of aromatic nitrogens is 2. The van der Waals surface area contributed by atoms with Gasteiger partial charge >= 0.3 is 5.69 Å². The van der Waals surface area contributed by atoms with E-state index in [9.17, 15) is 10.1 Å². The van der Waals surface area contributed by atoms with Crippen LogP contribution in [-0.2, 0) is 0 Å². The summed E-state index contributed by atoms with van der Waals surface area (Å²) in [5, 5.41) is 13.9. The zero-order chi connectivity index (χ0) is 13.8. The van der Waals surface area contributed by atoms with E-state index in [1.807, 2.05) is 37.3 Å². The van der Waals surface area contributed by atoms with Gasteiger partial charge in [0.25, 0.3) is 0 Å². The Bertz CT molecular complexity index is 588.